The van der Waals surface area contributed by atoms with Gasteiger partial charge in [0.05, 0.1) is 0 Å². The SMILES string of the molecule is CC1CC1C(=O)Nc1cccc(C(=O)Nc2nc(C(N)=O)cs2)c1. The van der Waals surface area contributed by atoms with Gasteiger partial charge in [-0.2, -0.15) is 0 Å². The second kappa shape index (κ2) is 6.40. The predicted molar refractivity (Wildman–Crippen MR) is 90.9 cm³/mol. The molecule has 3 amide bonds. The predicted octanol–water partition coefficient (Wildman–Crippen LogP) is 2.09. The van der Waals surface area contributed by atoms with Gasteiger partial charge >= 0.3 is 0 Å². The molecule has 124 valence electrons. The average molecular weight is 344 g/mol. The Morgan fingerprint density at radius 3 is 2.67 bits per heavy atom. The van der Waals surface area contributed by atoms with E-state index >= 15 is 0 Å². The minimum absolute atomic E-state index is 0.0221. The van der Waals surface area contributed by atoms with Crippen LogP contribution in [-0.2, 0) is 4.79 Å². The summed E-state index contributed by atoms with van der Waals surface area (Å²) in [6.07, 6.45) is 0.901. The Bertz CT molecular complexity index is 817. The lowest BCUT2D eigenvalue weighted by Crippen LogP contribution is -2.16. The Morgan fingerprint density at radius 1 is 1.29 bits per heavy atom. The molecule has 0 radical (unpaired) electrons. The zero-order valence-corrected chi connectivity index (χ0v) is 13.7. The zero-order valence-electron chi connectivity index (χ0n) is 12.9. The molecule has 1 aliphatic rings. The number of amides is 3. The van der Waals surface area contributed by atoms with Gasteiger partial charge in [-0.25, -0.2) is 4.98 Å². The van der Waals surface area contributed by atoms with E-state index in [9.17, 15) is 14.4 Å². The van der Waals surface area contributed by atoms with Crippen LogP contribution < -0.4 is 16.4 Å². The molecule has 4 N–H and O–H groups in total. The minimum atomic E-state index is -0.647. The van der Waals surface area contributed by atoms with Gasteiger partial charge < -0.3 is 11.1 Å². The van der Waals surface area contributed by atoms with Gasteiger partial charge in [0, 0.05) is 22.5 Å². The number of benzene rings is 1. The summed E-state index contributed by atoms with van der Waals surface area (Å²) in [7, 11) is 0. The molecule has 0 saturated heterocycles. The molecule has 7 nitrogen and oxygen atoms in total. The summed E-state index contributed by atoms with van der Waals surface area (Å²) < 4.78 is 0. The summed E-state index contributed by atoms with van der Waals surface area (Å²) in [6.45, 7) is 2.03. The van der Waals surface area contributed by atoms with Gasteiger partial charge in [-0.1, -0.05) is 13.0 Å². The largest absolute Gasteiger partial charge is 0.364 e. The first-order valence-electron chi connectivity index (χ1n) is 7.41. The Hall–Kier alpha value is -2.74. The molecule has 24 heavy (non-hydrogen) atoms. The van der Waals surface area contributed by atoms with E-state index in [4.69, 9.17) is 5.73 Å². The van der Waals surface area contributed by atoms with E-state index in [2.05, 4.69) is 15.6 Å². The molecule has 1 aliphatic carbocycles. The van der Waals surface area contributed by atoms with Gasteiger partial charge in [0.25, 0.3) is 11.8 Å². The third-order valence-electron chi connectivity index (χ3n) is 3.82. The van der Waals surface area contributed by atoms with Crippen LogP contribution in [0.25, 0.3) is 0 Å². The van der Waals surface area contributed by atoms with Crippen molar-refractivity contribution < 1.29 is 14.4 Å². The fourth-order valence-corrected chi connectivity index (χ4v) is 2.97. The number of hydrogen-bond donors (Lipinski definition) is 3. The van der Waals surface area contributed by atoms with Gasteiger partial charge in [-0.05, 0) is 30.5 Å². The number of nitrogens with one attached hydrogen (secondary N) is 2. The number of hydrogen-bond acceptors (Lipinski definition) is 5. The lowest BCUT2D eigenvalue weighted by Gasteiger charge is -2.07. The molecule has 2 atom stereocenters. The second-order valence-electron chi connectivity index (χ2n) is 5.75. The van der Waals surface area contributed by atoms with Gasteiger partial charge in [0.2, 0.25) is 5.91 Å². The van der Waals surface area contributed by atoms with Crippen LogP contribution >= 0.6 is 11.3 Å². The molecular weight excluding hydrogens is 328 g/mol. The van der Waals surface area contributed by atoms with Crippen molar-refractivity contribution >= 4 is 39.9 Å². The lowest BCUT2D eigenvalue weighted by atomic mass is 10.2. The third kappa shape index (κ3) is 3.60. The maximum Gasteiger partial charge on any atom is 0.268 e. The van der Waals surface area contributed by atoms with Gasteiger partial charge in [0.1, 0.15) is 5.69 Å². The highest BCUT2D eigenvalue weighted by Crippen LogP contribution is 2.38. The molecular formula is C16H16N4O3S. The highest BCUT2D eigenvalue weighted by atomic mass is 32.1. The normalized spacial score (nSPS) is 18.7. The summed E-state index contributed by atoms with van der Waals surface area (Å²) in [6, 6.07) is 6.66. The summed E-state index contributed by atoms with van der Waals surface area (Å²) in [5.41, 5.74) is 6.19. The van der Waals surface area contributed by atoms with Crippen LogP contribution in [0.4, 0.5) is 10.8 Å². The maximum absolute atomic E-state index is 12.3. The quantitative estimate of drug-likeness (QED) is 0.770. The van der Waals surface area contributed by atoms with E-state index in [-0.39, 0.29) is 28.6 Å². The number of anilines is 2. The van der Waals surface area contributed by atoms with Crippen molar-refractivity contribution in [3.05, 3.63) is 40.9 Å². The number of carbonyl (C=O) groups is 3. The van der Waals surface area contributed by atoms with Crippen LogP contribution in [-0.4, -0.2) is 22.7 Å². The number of aromatic nitrogens is 1. The monoisotopic (exact) mass is 344 g/mol. The van der Waals surface area contributed by atoms with Gasteiger partial charge in [-0.3, -0.25) is 19.7 Å². The first-order valence-corrected chi connectivity index (χ1v) is 8.29. The smallest absolute Gasteiger partial charge is 0.268 e. The molecule has 8 heteroatoms. The van der Waals surface area contributed by atoms with Crippen LogP contribution in [0.15, 0.2) is 29.6 Å². The summed E-state index contributed by atoms with van der Waals surface area (Å²) >= 11 is 1.11. The summed E-state index contributed by atoms with van der Waals surface area (Å²) in [5, 5.41) is 7.19. The first-order chi connectivity index (χ1) is 11.4. The van der Waals surface area contributed by atoms with Crippen LogP contribution in [0.2, 0.25) is 0 Å². The first kappa shape index (κ1) is 16.1. The fourth-order valence-electron chi connectivity index (χ4n) is 2.27. The maximum atomic E-state index is 12.3. The number of nitrogens with two attached hydrogens (primary N) is 1. The van der Waals surface area contributed by atoms with E-state index in [0.29, 0.717) is 17.2 Å². The molecule has 2 unspecified atom stereocenters. The van der Waals surface area contributed by atoms with Crippen molar-refractivity contribution in [3.63, 3.8) is 0 Å². The summed E-state index contributed by atoms with van der Waals surface area (Å²) in [5.74, 6) is -0.570. The molecule has 3 rings (SSSR count). The third-order valence-corrected chi connectivity index (χ3v) is 4.57. The van der Waals surface area contributed by atoms with Gasteiger partial charge in [0.15, 0.2) is 5.13 Å². The van der Waals surface area contributed by atoms with Crippen molar-refractivity contribution in [1.82, 2.24) is 4.98 Å². The second-order valence-corrected chi connectivity index (χ2v) is 6.60. The highest BCUT2D eigenvalue weighted by molar-refractivity contribution is 7.14. The summed E-state index contributed by atoms with van der Waals surface area (Å²) in [4.78, 5) is 39.2. The Morgan fingerprint density at radius 2 is 2.04 bits per heavy atom. The molecule has 0 bridgehead atoms. The molecule has 1 aromatic heterocycles. The number of carbonyl (C=O) groups excluding carboxylic acids is 3. The van der Waals surface area contributed by atoms with Crippen LogP contribution in [0.1, 0.15) is 34.2 Å². The van der Waals surface area contributed by atoms with E-state index in [1.54, 1.807) is 24.3 Å². The average Bonchev–Trinajstić information content (AvgIpc) is 3.09. The number of rotatable bonds is 5. The van der Waals surface area contributed by atoms with Crippen molar-refractivity contribution in [2.24, 2.45) is 17.6 Å². The van der Waals surface area contributed by atoms with Crippen LogP contribution in [0, 0.1) is 11.8 Å². The molecule has 1 heterocycles. The topological polar surface area (TPSA) is 114 Å². The molecule has 1 aromatic carbocycles. The number of primary amides is 1. The molecule has 0 aliphatic heterocycles. The van der Waals surface area contributed by atoms with Crippen molar-refractivity contribution in [1.29, 1.82) is 0 Å². The van der Waals surface area contributed by atoms with Gasteiger partial charge in [-0.15, -0.1) is 11.3 Å². The van der Waals surface area contributed by atoms with E-state index < -0.39 is 5.91 Å². The Balaban J connectivity index is 1.67. The Kier molecular flexibility index (Phi) is 4.30. The van der Waals surface area contributed by atoms with Crippen molar-refractivity contribution in [3.8, 4) is 0 Å². The lowest BCUT2D eigenvalue weighted by molar-refractivity contribution is -0.117. The number of nitrogens with zero attached hydrogens (tertiary/aromatic N) is 1. The highest BCUT2D eigenvalue weighted by Gasteiger charge is 2.39. The van der Waals surface area contributed by atoms with Crippen molar-refractivity contribution in [2.45, 2.75) is 13.3 Å². The van der Waals surface area contributed by atoms with Crippen molar-refractivity contribution in [2.75, 3.05) is 10.6 Å². The molecule has 2 aromatic rings. The molecule has 1 saturated carbocycles. The van der Waals surface area contributed by atoms with E-state index in [1.807, 2.05) is 6.92 Å². The van der Waals surface area contributed by atoms with E-state index in [1.165, 1.54) is 5.38 Å². The Labute approximate surface area is 142 Å². The number of thiazole rings is 1. The van der Waals surface area contributed by atoms with Crippen LogP contribution in [0.5, 0.6) is 0 Å². The molecule has 0 spiro atoms. The standard InChI is InChI=1S/C16H16N4O3S/c1-8-5-11(8)15(23)18-10-4-2-3-9(6-10)14(22)20-16-19-12(7-24-16)13(17)21/h2-4,6-8,11H,5H2,1H3,(H2,17,21)(H,18,23)(H,19,20,22). The van der Waals surface area contributed by atoms with E-state index in [0.717, 1.165) is 17.8 Å². The molecule has 1 fully saturated rings. The zero-order chi connectivity index (χ0) is 17.3. The minimum Gasteiger partial charge on any atom is -0.364 e. The van der Waals surface area contributed by atoms with Crippen LogP contribution in [0.3, 0.4) is 0 Å². The fraction of sp³-hybridized carbons (Fsp3) is 0.250.